The van der Waals surface area contributed by atoms with Gasteiger partial charge in [-0.1, -0.05) is 42.5 Å². The highest BCUT2D eigenvalue weighted by Gasteiger charge is 2.17. The molecule has 0 bridgehead atoms. The number of ether oxygens (including phenoxy) is 1. The maximum Gasteiger partial charge on any atom is 0.273 e. The number of halogens is 2. The van der Waals surface area contributed by atoms with Gasteiger partial charge >= 0.3 is 0 Å². The average Bonchev–Trinajstić information content (AvgIpc) is 3.30. The van der Waals surface area contributed by atoms with Crippen LogP contribution in [0.1, 0.15) is 21.6 Å². The summed E-state index contributed by atoms with van der Waals surface area (Å²) in [6, 6.07) is 20.1. The van der Waals surface area contributed by atoms with Gasteiger partial charge in [0.2, 0.25) is 0 Å². The first-order chi connectivity index (χ1) is 15.5. The summed E-state index contributed by atoms with van der Waals surface area (Å²) >= 11 is 1.36. The Morgan fingerprint density at radius 1 is 1.03 bits per heavy atom. The number of carbonyl (C=O) groups is 1. The topological polar surface area (TPSA) is 42.4 Å². The summed E-state index contributed by atoms with van der Waals surface area (Å²) in [6.45, 7) is 0.394. The van der Waals surface area contributed by atoms with Gasteiger partial charge in [-0.15, -0.1) is 11.3 Å². The minimum Gasteiger partial charge on any atom is -0.489 e. The van der Waals surface area contributed by atoms with Crippen LogP contribution < -0.4 is 4.74 Å². The largest absolute Gasteiger partial charge is 0.489 e. The van der Waals surface area contributed by atoms with Crippen LogP contribution in [0.3, 0.4) is 0 Å². The second-order valence-corrected chi connectivity index (χ2v) is 8.10. The van der Waals surface area contributed by atoms with Gasteiger partial charge in [0, 0.05) is 30.1 Å². The van der Waals surface area contributed by atoms with Crippen LogP contribution in [0.5, 0.6) is 5.75 Å². The molecule has 0 radical (unpaired) electrons. The monoisotopic (exact) mass is 450 g/mol. The van der Waals surface area contributed by atoms with Crippen LogP contribution in [0.4, 0.5) is 8.78 Å². The molecule has 0 N–H and O–H groups in total. The Labute approximate surface area is 188 Å². The predicted octanol–water partition coefficient (Wildman–Crippen LogP) is 5.94. The summed E-state index contributed by atoms with van der Waals surface area (Å²) in [7, 11) is 1.74. The van der Waals surface area contributed by atoms with E-state index >= 15 is 0 Å². The number of rotatable bonds is 7. The molecule has 0 aliphatic rings. The quantitative estimate of drug-likeness (QED) is 0.350. The maximum absolute atomic E-state index is 13.8. The van der Waals surface area contributed by atoms with Gasteiger partial charge in [-0.2, -0.15) is 0 Å². The number of nitrogens with zero attached hydrogens (tertiary/aromatic N) is 2. The third kappa shape index (κ3) is 5.18. The van der Waals surface area contributed by atoms with Crippen molar-refractivity contribution in [1.82, 2.24) is 9.88 Å². The van der Waals surface area contributed by atoms with E-state index in [1.807, 2.05) is 36.4 Å². The number of carbonyl (C=O) groups excluding carboxylic acids is 1. The van der Waals surface area contributed by atoms with Gasteiger partial charge in [0.1, 0.15) is 34.7 Å². The molecule has 1 amide bonds. The minimum absolute atomic E-state index is 0.0983. The molecule has 0 aliphatic carbocycles. The summed E-state index contributed by atoms with van der Waals surface area (Å²) in [6.07, 6.45) is 0. The fourth-order valence-electron chi connectivity index (χ4n) is 3.16. The molecule has 0 atom stereocenters. The van der Waals surface area contributed by atoms with Crippen LogP contribution in [0.2, 0.25) is 0 Å². The number of benzene rings is 3. The van der Waals surface area contributed by atoms with Crippen molar-refractivity contribution in [3.05, 3.63) is 107 Å². The zero-order chi connectivity index (χ0) is 22.5. The van der Waals surface area contributed by atoms with Crippen LogP contribution in [-0.4, -0.2) is 22.8 Å². The number of aromatic nitrogens is 1. The number of hydrogen-bond acceptors (Lipinski definition) is 4. The molecule has 7 heteroatoms. The van der Waals surface area contributed by atoms with E-state index in [4.69, 9.17) is 4.74 Å². The van der Waals surface area contributed by atoms with Crippen molar-refractivity contribution < 1.29 is 18.3 Å². The molecule has 32 heavy (non-hydrogen) atoms. The first-order valence-corrected chi connectivity index (χ1v) is 10.8. The standard InChI is InChI=1S/C25H20F2N2O2S/c1-29(14-17-6-3-2-4-7-17)25(30)23-16-32-24(28-23)18-8-5-9-21(13-18)31-15-19-12-20(26)10-11-22(19)27/h2-13,16H,14-15H2,1H3. The van der Waals surface area contributed by atoms with Gasteiger partial charge in [0.15, 0.2) is 0 Å². The Morgan fingerprint density at radius 2 is 1.84 bits per heavy atom. The predicted molar refractivity (Wildman–Crippen MR) is 120 cm³/mol. The smallest absolute Gasteiger partial charge is 0.273 e. The minimum atomic E-state index is -0.523. The fraction of sp³-hybridized carbons (Fsp3) is 0.120. The van der Waals surface area contributed by atoms with Gasteiger partial charge in [0.05, 0.1) is 0 Å². The van der Waals surface area contributed by atoms with E-state index in [1.54, 1.807) is 35.5 Å². The van der Waals surface area contributed by atoms with Gasteiger partial charge in [-0.05, 0) is 35.9 Å². The van der Waals surface area contributed by atoms with Gasteiger partial charge in [-0.25, -0.2) is 13.8 Å². The highest BCUT2D eigenvalue weighted by atomic mass is 32.1. The van der Waals surface area contributed by atoms with Crippen molar-refractivity contribution in [1.29, 1.82) is 0 Å². The molecule has 1 heterocycles. The fourth-order valence-corrected chi connectivity index (χ4v) is 3.95. The summed E-state index contributed by atoms with van der Waals surface area (Å²) < 4.78 is 32.8. The summed E-state index contributed by atoms with van der Waals surface area (Å²) in [5.41, 5.74) is 2.32. The summed E-state index contributed by atoms with van der Waals surface area (Å²) in [5, 5.41) is 2.40. The van der Waals surface area contributed by atoms with Gasteiger partial charge in [-0.3, -0.25) is 4.79 Å². The highest BCUT2D eigenvalue weighted by Crippen LogP contribution is 2.28. The number of amides is 1. The lowest BCUT2D eigenvalue weighted by Crippen LogP contribution is -2.26. The van der Waals surface area contributed by atoms with E-state index in [9.17, 15) is 13.6 Å². The molecular weight excluding hydrogens is 430 g/mol. The zero-order valence-corrected chi connectivity index (χ0v) is 18.1. The van der Waals surface area contributed by atoms with Gasteiger partial charge in [0.25, 0.3) is 5.91 Å². The van der Waals surface area contributed by atoms with Gasteiger partial charge < -0.3 is 9.64 Å². The lowest BCUT2D eigenvalue weighted by Gasteiger charge is -2.15. The first-order valence-electron chi connectivity index (χ1n) is 9.91. The average molecular weight is 451 g/mol. The van der Waals surface area contributed by atoms with Crippen molar-refractivity contribution in [2.45, 2.75) is 13.2 Å². The van der Waals surface area contributed by atoms with E-state index in [1.165, 1.54) is 11.3 Å². The van der Waals surface area contributed by atoms with E-state index in [0.717, 1.165) is 29.3 Å². The SMILES string of the molecule is CN(Cc1ccccc1)C(=O)c1csc(-c2cccc(OCc3cc(F)ccc3F)c2)n1. The normalized spacial score (nSPS) is 10.7. The number of thiazole rings is 1. The summed E-state index contributed by atoms with van der Waals surface area (Å²) in [4.78, 5) is 18.9. The van der Waals surface area contributed by atoms with E-state index in [0.29, 0.717) is 23.0 Å². The van der Waals surface area contributed by atoms with Crippen LogP contribution in [0, 0.1) is 11.6 Å². The van der Waals surface area contributed by atoms with Crippen LogP contribution in [-0.2, 0) is 13.2 Å². The van der Waals surface area contributed by atoms with E-state index in [-0.39, 0.29) is 18.1 Å². The molecule has 0 aliphatic heterocycles. The molecule has 3 aromatic carbocycles. The molecule has 0 saturated carbocycles. The zero-order valence-electron chi connectivity index (χ0n) is 17.3. The Balaban J connectivity index is 1.44. The second-order valence-electron chi connectivity index (χ2n) is 7.24. The highest BCUT2D eigenvalue weighted by molar-refractivity contribution is 7.13. The third-order valence-corrected chi connectivity index (χ3v) is 5.71. The van der Waals surface area contributed by atoms with Crippen LogP contribution in [0.15, 0.2) is 78.2 Å². The molecule has 0 spiro atoms. The second kappa shape index (κ2) is 9.70. The van der Waals surface area contributed by atoms with Crippen molar-refractivity contribution >= 4 is 17.2 Å². The Morgan fingerprint density at radius 3 is 2.66 bits per heavy atom. The molecule has 162 valence electrons. The van der Waals surface area contributed by atoms with Crippen molar-refractivity contribution in [3.63, 3.8) is 0 Å². The molecule has 0 fully saturated rings. The Kier molecular flexibility index (Phi) is 6.56. The molecule has 0 unspecified atom stereocenters. The van der Waals surface area contributed by atoms with Crippen molar-refractivity contribution in [2.24, 2.45) is 0 Å². The third-order valence-electron chi connectivity index (χ3n) is 4.82. The molecule has 4 aromatic rings. The molecule has 0 saturated heterocycles. The van der Waals surface area contributed by atoms with Crippen molar-refractivity contribution in [3.8, 4) is 16.3 Å². The maximum atomic E-state index is 13.8. The first kappa shape index (κ1) is 21.6. The van der Waals surface area contributed by atoms with E-state index < -0.39 is 11.6 Å². The molecule has 1 aromatic heterocycles. The Bertz CT molecular complexity index is 1230. The molecule has 4 rings (SSSR count). The molecular formula is C25H20F2N2O2S. The molecule has 4 nitrogen and oxygen atoms in total. The van der Waals surface area contributed by atoms with E-state index in [2.05, 4.69) is 4.98 Å². The lowest BCUT2D eigenvalue weighted by molar-refractivity contribution is 0.0780. The van der Waals surface area contributed by atoms with Crippen LogP contribution in [0.25, 0.3) is 10.6 Å². The number of hydrogen-bond donors (Lipinski definition) is 0. The lowest BCUT2D eigenvalue weighted by atomic mass is 10.2. The van der Waals surface area contributed by atoms with Crippen molar-refractivity contribution in [2.75, 3.05) is 7.05 Å². The summed E-state index contributed by atoms with van der Waals surface area (Å²) in [5.74, 6) is -0.706. The Hall–Kier alpha value is -3.58. The van der Waals surface area contributed by atoms with Crippen LogP contribution >= 0.6 is 11.3 Å².